The summed E-state index contributed by atoms with van der Waals surface area (Å²) in [4.78, 5) is 21.3. The van der Waals surface area contributed by atoms with Crippen molar-refractivity contribution in [2.75, 3.05) is 16.8 Å². The SMILES string of the molecule is O=C1CC(CBr)CN1c1cnc(Cl)cn1. The number of anilines is 1. The third-order valence-corrected chi connectivity index (χ3v) is 3.42. The number of carbonyl (C=O) groups excluding carboxylic acids is 1. The molecule has 1 aliphatic heterocycles. The minimum atomic E-state index is 0.0936. The fourth-order valence-electron chi connectivity index (χ4n) is 1.55. The third kappa shape index (κ3) is 2.29. The van der Waals surface area contributed by atoms with Crippen LogP contribution in [0.1, 0.15) is 6.42 Å². The van der Waals surface area contributed by atoms with Gasteiger partial charge in [0, 0.05) is 18.3 Å². The van der Waals surface area contributed by atoms with Crippen LogP contribution in [0.4, 0.5) is 5.82 Å². The summed E-state index contributed by atoms with van der Waals surface area (Å²) in [7, 11) is 0. The highest BCUT2D eigenvalue weighted by Gasteiger charge is 2.30. The van der Waals surface area contributed by atoms with Crippen molar-refractivity contribution in [3.05, 3.63) is 17.5 Å². The number of carbonyl (C=O) groups is 1. The third-order valence-electron chi connectivity index (χ3n) is 2.31. The summed E-state index contributed by atoms with van der Waals surface area (Å²) >= 11 is 9.01. The number of halogens is 2. The molecule has 0 saturated carbocycles. The normalized spacial score (nSPS) is 21.1. The Balaban J connectivity index is 2.18. The van der Waals surface area contributed by atoms with Gasteiger partial charge in [0.1, 0.15) is 5.15 Å². The van der Waals surface area contributed by atoms with Gasteiger partial charge in [0.15, 0.2) is 5.82 Å². The van der Waals surface area contributed by atoms with Gasteiger partial charge in [-0.05, 0) is 5.92 Å². The first-order chi connectivity index (χ1) is 7.20. The van der Waals surface area contributed by atoms with Gasteiger partial charge in [-0.15, -0.1) is 0 Å². The molecule has 0 N–H and O–H groups in total. The summed E-state index contributed by atoms with van der Waals surface area (Å²) in [5.74, 6) is 1.03. The van der Waals surface area contributed by atoms with Crippen LogP contribution in [0.25, 0.3) is 0 Å². The lowest BCUT2D eigenvalue weighted by molar-refractivity contribution is -0.117. The Morgan fingerprint density at radius 1 is 1.53 bits per heavy atom. The van der Waals surface area contributed by atoms with Gasteiger partial charge in [-0.2, -0.15) is 0 Å². The van der Waals surface area contributed by atoms with Gasteiger partial charge >= 0.3 is 0 Å². The zero-order valence-corrected chi connectivity index (χ0v) is 10.2. The first kappa shape index (κ1) is 10.8. The van der Waals surface area contributed by atoms with E-state index >= 15 is 0 Å². The molecule has 2 heterocycles. The van der Waals surface area contributed by atoms with E-state index in [-0.39, 0.29) is 5.91 Å². The molecule has 6 heteroatoms. The molecule has 2 rings (SSSR count). The largest absolute Gasteiger partial charge is 0.295 e. The number of hydrogen-bond donors (Lipinski definition) is 0. The lowest BCUT2D eigenvalue weighted by Gasteiger charge is -2.14. The molecule has 1 fully saturated rings. The summed E-state index contributed by atoms with van der Waals surface area (Å²) in [6.45, 7) is 0.695. The fraction of sp³-hybridized carbons (Fsp3) is 0.444. The molecular formula is C9H9BrClN3O. The van der Waals surface area contributed by atoms with Crippen molar-refractivity contribution in [2.45, 2.75) is 6.42 Å². The Morgan fingerprint density at radius 2 is 2.33 bits per heavy atom. The highest BCUT2D eigenvalue weighted by Crippen LogP contribution is 2.24. The van der Waals surface area contributed by atoms with Gasteiger partial charge in [0.25, 0.3) is 0 Å². The Morgan fingerprint density at radius 3 is 2.87 bits per heavy atom. The van der Waals surface area contributed by atoms with Crippen molar-refractivity contribution >= 4 is 39.3 Å². The molecule has 1 aliphatic rings. The van der Waals surface area contributed by atoms with E-state index in [1.807, 2.05) is 0 Å². The maximum Gasteiger partial charge on any atom is 0.228 e. The molecule has 80 valence electrons. The Kier molecular flexibility index (Phi) is 3.21. The molecule has 1 amide bonds. The number of aromatic nitrogens is 2. The summed E-state index contributed by atoms with van der Waals surface area (Å²) in [6, 6.07) is 0. The van der Waals surface area contributed by atoms with Crippen LogP contribution >= 0.6 is 27.5 Å². The van der Waals surface area contributed by atoms with Crippen LogP contribution in [-0.2, 0) is 4.79 Å². The summed E-state index contributed by atoms with van der Waals surface area (Å²) in [5, 5.41) is 1.17. The van der Waals surface area contributed by atoms with E-state index in [4.69, 9.17) is 11.6 Å². The van der Waals surface area contributed by atoms with Gasteiger partial charge in [-0.1, -0.05) is 27.5 Å². The van der Waals surface area contributed by atoms with E-state index in [2.05, 4.69) is 25.9 Å². The maximum absolute atomic E-state index is 11.6. The molecule has 1 aromatic heterocycles. The minimum Gasteiger partial charge on any atom is -0.295 e. The van der Waals surface area contributed by atoms with Crippen LogP contribution in [-0.4, -0.2) is 27.7 Å². The van der Waals surface area contributed by atoms with Crippen LogP contribution in [0.5, 0.6) is 0 Å². The molecule has 15 heavy (non-hydrogen) atoms. The Labute approximate surface area is 101 Å². The van der Waals surface area contributed by atoms with Crippen LogP contribution in [0.3, 0.4) is 0 Å². The van der Waals surface area contributed by atoms with Crippen LogP contribution in [0.2, 0.25) is 5.15 Å². The van der Waals surface area contributed by atoms with E-state index < -0.39 is 0 Å². The van der Waals surface area contributed by atoms with Gasteiger partial charge in [-0.3, -0.25) is 9.69 Å². The van der Waals surface area contributed by atoms with Crippen molar-refractivity contribution in [1.82, 2.24) is 9.97 Å². The van der Waals surface area contributed by atoms with Crippen LogP contribution in [0.15, 0.2) is 12.4 Å². The molecule has 0 spiro atoms. The van der Waals surface area contributed by atoms with Gasteiger partial charge in [-0.25, -0.2) is 9.97 Å². The standard InChI is InChI=1S/C9H9BrClN3O/c10-2-6-1-9(15)14(5-6)8-4-12-7(11)3-13-8/h3-4,6H,1-2,5H2. The minimum absolute atomic E-state index is 0.0936. The Bertz CT molecular complexity index is 370. The average molecular weight is 291 g/mol. The molecular weight excluding hydrogens is 281 g/mol. The molecule has 0 aliphatic carbocycles. The van der Waals surface area contributed by atoms with Crippen molar-refractivity contribution in [1.29, 1.82) is 0 Å². The molecule has 4 nitrogen and oxygen atoms in total. The van der Waals surface area contributed by atoms with E-state index in [0.717, 1.165) is 5.33 Å². The zero-order valence-electron chi connectivity index (χ0n) is 7.86. The molecule has 0 aromatic carbocycles. The highest BCUT2D eigenvalue weighted by atomic mass is 79.9. The molecule has 1 unspecified atom stereocenters. The predicted molar refractivity (Wildman–Crippen MR) is 61.3 cm³/mol. The van der Waals surface area contributed by atoms with E-state index in [9.17, 15) is 4.79 Å². The van der Waals surface area contributed by atoms with Gasteiger partial charge in [0.05, 0.1) is 12.4 Å². The summed E-state index contributed by atoms with van der Waals surface area (Å²) in [5.41, 5.74) is 0. The molecule has 1 saturated heterocycles. The number of amides is 1. The number of alkyl halides is 1. The number of nitrogens with zero attached hydrogens (tertiary/aromatic N) is 3. The predicted octanol–water partition coefficient (Wildman–Crippen LogP) is 1.88. The highest BCUT2D eigenvalue weighted by molar-refractivity contribution is 9.09. The second-order valence-corrected chi connectivity index (χ2v) is 4.46. The van der Waals surface area contributed by atoms with E-state index in [0.29, 0.717) is 29.9 Å². The summed E-state index contributed by atoms with van der Waals surface area (Å²) in [6.07, 6.45) is 3.54. The molecule has 1 aromatic rings. The average Bonchev–Trinajstić information content (AvgIpc) is 2.61. The second kappa shape index (κ2) is 4.45. The topological polar surface area (TPSA) is 46.1 Å². The zero-order chi connectivity index (χ0) is 10.8. The lowest BCUT2D eigenvalue weighted by Crippen LogP contribution is -2.25. The second-order valence-electron chi connectivity index (χ2n) is 3.43. The van der Waals surface area contributed by atoms with Crippen molar-refractivity contribution in [2.24, 2.45) is 5.92 Å². The van der Waals surface area contributed by atoms with Crippen molar-refractivity contribution in [3.63, 3.8) is 0 Å². The van der Waals surface area contributed by atoms with Crippen LogP contribution < -0.4 is 4.90 Å². The van der Waals surface area contributed by atoms with Crippen molar-refractivity contribution in [3.8, 4) is 0 Å². The number of hydrogen-bond acceptors (Lipinski definition) is 3. The molecule has 1 atom stereocenters. The number of rotatable bonds is 2. The van der Waals surface area contributed by atoms with E-state index in [1.165, 1.54) is 12.4 Å². The fourth-order valence-corrected chi connectivity index (χ4v) is 2.08. The lowest BCUT2D eigenvalue weighted by atomic mass is 10.2. The molecule has 0 bridgehead atoms. The first-order valence-corrected chi connectivity index (χ1v) is 6.04. The smallest absolute Gasteiger partial charge is 0.228 e. The van der Waals surface area contributed by atoms with Crippen LogP contribution in [0, 0.1) is 5.92 Å². The first-order valence-electron chi connectivity index (χ1n) is 4.54. The van der Waals surface area contributed by atoms with Gasteiger partial charge in [0.2, 0.25) is 5.91 Å². The van der Waals surface area contributed by atoms with E-state index in [1.54, 1.807) is 4.90 Å². The Hall–Kier alpha value is -0.680. The summed E-state index contributed by atoms with van der Waals surface area (Å²) < 4.78 is 0. The van der Waals surface area contributed by atoms with Crippen molar-refractivity contribution < 1.29 is 4.79 Å². The monoisotopic (exact) mass is 289 g/mol. The quantitative estimate of drug-likeness (QED) is 0.781. The van der Waals surface area contributed by atoms with Gasteiger partial charge < -0.3 is 0 Å². The molecule has 0 radical (unpaired) electrons. The maximum atomic E-state index is 11.6.